The highest BCUT2D eigenvalue weighted by atomic mass is 16.4. The Labute approximate surface area is 83.6 Å². The van der Waals surface area contributed by atoms with Gasteiger partial charge in [-0.15, -0.1) is 0 Å². The average Bonchev–Trinajstić information content (AvgIpc) is 2.62. The third-order valence-corrected chi connectivity index (χ3v) is 2.48. The number of imidazole rings is 1. The van der Waals surface area contributed by atoms with E-state index in [2.05, 4.69) is 18.8 Å². The van der Waals surface area contributed by atoms with Gasteiger partial charge < -0.3 is 9.67 Å². The van der Waals surface area contributed by atoms with Crippen molar-refractivity contribution < 1.29 is 9.90 Å². The second kappa shape index (κ2) is 4.79. The molecule has 1 aromatic heterocycles. The Hall–Kier alpha value is -1.32. The summed E-state index contributed by atoms with van der Waals surface area (Å²) in [6.07, 6.45) is 5.39. The summed E-state index contributed by atoms with van der Waals surface area (Å²) >= 11 is 0. The van der Waals surface area contributed by atoms with E-state index in [1.165, 1.54) is 0 Å². The molecule has 4 nitrogen and oxygen atoms in total. The van der Waals surface area contributed by atoms with Crippen molar-refractivity contribution in [3.8, 4) is 0 Å². The van der Waals surface area contributed by atoms with Gasteiger partial charge in [-0.05, 0) is 5.92 Å². The lowest BCUT2D eigenvalue weighted by atomic mass is 10.0. The van der Waals surface area contributed by atoms with Crippen LogP contribution in [0.5, 0.6) is 0 Å². The van der Waals surface area contributed by atoms with Crippen LogP contribution in [-0.4, -0.2) is 20.6 Å². The number of hydrogen-bond donors (Lipinski definition) is 1. The third kappa shape index (κ3) is 2.58. The molecule has 1 rings (SSSR count). The molecule has 0 aliphatic heterocycles. The normalized spacial score (nSPS) is 10.8. The minimum absolute atomic E-state index is 0.121. The predicted octanol–water partition coefficient (Wildman–Crippen LogP) is 2.02. The van der Waals surface area contributed by atoms with Gasteiger partial charge in [-0.2, -0.15) is 0 Å². The van der Waals surface area contributed by atoms with Crippen LogP contribution in [0.2, 0.25) is 0 Å². The Bertz CT molecular complexity index is 303. The molecule has 0 saturated carbocycles. The number of hydrogen-bond acceptors (Lipinski definition) is 2. The second-order valence-corrected chi connectivity index (χ2v) is 3.44. The van der Waals surface area contributed by atoms with Crippen LogP contribution in [0, 0.1) is 5.92 Å². The highest BCUT2D eigenvalue weighted by Crippen LogP contribution is 2.10. The van der Waals surface area contributed by atoms with E-state index in [1.807, 2.05) is 4.57 Å². The first kappa shape index (κ1) is 10.8. The lowest BCUT2D eigenvalue weighted by Gasteiger charge is -2.11. The molecule has 0 aliphatic rings. The zero-order valence-electron chi connectivity index (χ0n) is 8.60. The van der Waals surface area contributed by atoms with Crippen LogP contribution in [0.25, 0.3) is 0 Å². The molecule has 0 fully saturated rings. The first-order valence-corrected chi connectivity index (χ1v) is 4.92. The maximum absolute atomic E-state index is 10.6. The van der Waals surface area contributed by atoms with Crippen LogP contribution in [0.4, 0.5) is 0 Å². The Kier molecular flexibility index (Phi) is 3.68. The van der Waals surface area contributed by atoms with Crippen LogP contribution in [-0.2, 0) is 6.54 Å². The Morgan fingerprint density at radius 3 is 2.64 bits per heavy atom. The fraction of sp³-hybridized carbons (Fsp3) is 0.600. The summed E-state index contributed by atoms with van der Waals surface area (Å²) in [5.41, 5.74) is 0.121. The molecule has 0 saturated heterocycles. The van der Waals surface area contributed by atoms with Crippen molar-refractivity contribution in [2.24, 2.45) is 5.92 Å². The molecule has 0 aliphatic carbocycles. The Balaban J connectivity index is 2.63. The topological polar surface area (TPSA) is 55.1 Å². The van der Waals surface area contributed by atoms with Gasteiger partial charge >= 0.3 is 5.97 Å². The number of carboxylic acids is 1. The van der Waals surface area contributed by atoms with Gasteiger partial charge in [0.1, 0.15) is 0 Å². The summed E-state index contributed by atoms with van der Waals surface area (Å²) in [6, 6.07) is 0. The van der Waals surface area contributed by atoms with Crippen molar-refractivity contribution in [1.82, 2.24) is 9.55 Å². The Morgan fingerprint density at radius 2 is 2.21 bits per heavy atom. The maximum atomic E-state index is 10.6. The molecule has 4 heteroatoms. The van der Waals surface area contributed by atoms with Gasteiger partial charge in [-0.3, -0.25) is 0 Å². The van der Waals surface area contributed by atoms with Gasteiger partial charge in [-0.1, -0.05) is 26.7 Å². The van der Waals surface area contributed by atoms with E-state index in [-0.39, 0.29) is 5.69 Å². The highest BCUT2D eigenvalue weighted by molar-refractivity contribution is 5.84. The minimum Gasteiger partial charge on any atom is -0.476 e. The number of nitrogens with zero attached hydrogens (tertiary/aromatic N) is 2. The number of carbonyl (C=O) groups is 1. The summed E-state index contributed by atoms with van der Waals surface area (Å²) in [6.45, 7) is 5.14. The summed E-state index contributed by atoms with van der Waals surface area (Å²) in [5.74, 6) is -0.362. The standard InChI is InChI=1S/C10H16N2O2/c1-3-8(4-2)5-12-6-9(10(13)14)11-7-12/h6-8H,3-5H2,1-2H3,(H,13,14). The van der Waals surface area contributed by atoms with Gasteiger partial charge in [0.25, 0.3) is 0 Å². The third-order valence-electron chi connectivity index (χ3n) is 2.48. The van der Waals surface area contributed by atoms with E-state index >= 15 is 0 Å². The van der Waals surface area contributed by atoms with Crippen molar-refractivity contribution in [2.75, 3.05) is 0 Å². The monoisotopic (exact) mass is 196 g/mol. The van der Waals surface area contributed by atoms with Crippen LogP contribution in [0.3, 0.4) is 0 Å². The van der Waals surface area contributed by atoms with E-state index in [9.17, 15) is 4.79 Å². The van der Waals surface area contributed by atoms with E-state index < -0.39 is 5.97 Å². The highest BCUT2D eigenvalue weighted by Gasteiger charge is 2.09. The largest absolute Gasteiger partial charge is 0.476 e. The quantitative estimate of drug-likeness (QED) is 0.783. The van der Waals surface area contributed by atoms with Gasteiger partial charge in [-0.25, -0.2) is 9.78 Å². The summed E-state index contributed by atoms with van der Waals surface area (Å²) in [7, 11) is 0. The zero-order valence-corrected chi connectivity index (χ0v) is 8.60. The fourth-order valence-corrected chi connectivity index (χ4v) is 1.42. The van der Waals surface area contributed by atoms with Crippen molar-refractivity contribution in [2.45, 2.75) is 33.2 Å². The van der Waals surface area contributed by atoms with Crippen molar-refractivity contribution in [3.63, 3.8) is 0 Å². The molecular weight excluding hydrogens is 180 g/mol. The molecule has 0 amide bonds. The van der Waals surface area contributed by atoms with Crippen LogP contribution in [0.15, 0.2) is 12.5 Å². The SMILES string of the molecule is CCC(CC)Cn1cnc(C(=O)O)c1. The van der Waals surface area contributed by atoms with E-state index in [0.717, 1.165) is 19.4 Å². The molecule has 78 valence electrons. The zero-order chi connectivity index (χ0) is 10.6. The smallest absolute Gasteiger partial charge is 0.356 e. The lowest BCUT2D eigenvalue weighted by Crippen LogP contribution is -2.07. The first-order valence-electron chi connectivity index (χ1n) is 4.92. The molecule has 1 aromatic rings. The maximum Gasteiger partial charge on any atom is 0.356 e. The fourth-order valence-electron chi connectivity index (χ4n) is 1.42. The van der Waals surface area contributed by atoms with Crippen molar-refractivity contribution >= 4 is 5.97 Å². The molecule has 14 heavy (non-hydrogen) atoms. The molecule has 0 atom stereocenters. The van der Waals surface area contributed by atoms with E-state index in [4.69, 9.17) is 5.11 Å². The van der Waals surface area contributed by atoms with Crippen LogP contribution >= 0.6 is 0 Å². The summed E-state index contributed by atoms with van der Waals surface area (Å²) in [5, 5.41) is 8.67. The predicted molar refractivity (Wildman–Crippen MR) is 53.3 cm³/mol. The number of carboxylic acid groups (broad SMARTS) is 1. The second-order valence-electron chi connectivity index (χ2n) is 3.44. The average molecular weight is 196 g/mol. The molecule has 0 radical (unpaired) electrons. The van der Waals surface area contributed by atoms with Crippen molar-refractivity contribution in [1.29, 1.82) is 0 Å². The number of aromatic carboxylic acids is 1. The van der Waals surface area contributed by atoms with Gasteiger partial charge in [0, 0.05) is 12.7 Å². The van der Waals surface area contributed by atoms with Crippen LogP contribution < -0.4 is 0 Å². The van der Waals surface area contributed by atoms with E-state index in [1.54, 1.807) is 12.5 Å². The molecule has 1 N–H and O–H groups in total. The van der Waals surface area contributed by atoms with Gasteiger partial charge in [0.15, 0.2) is 5.69 Å². The number of rotatable bonds is 5. The first-order chi connectivity index (χ1) is 6.67. The van der Waals surface area contributed by atoms with Crippen LogP contribution in [0.1, 0.15) is 37.2 Å². The number of aromatic nitrogens is 2. The molecule has 1 heterocycles. The molecule has 0 aromatic carbocycles. The minimum atomic E-state index is -0.965. The summed E-state index contributed by atoms with van der Waals surface area (Å²) in [4.78, 5) is 14.4. The lowest BCUT2D eigenvalue weighted by molar-refractivity contribution is 0.0691. The van der Waals surface area contributed by atoms with Gasteiger partial charge in [0.2, 0.25) is 0 Å². The van der Waals surface area contributed by atoms with Crippen molar-refractivity contribution in [3.05, 3.63) is 18.2 Å². The molecule has 0 bridgehead atoms. The van der Waals surface area contributed by atoms with E-state index in [0.29, 0.717) is 5.92 Å². The Morgan fingerprint density at radius 1 is 1.57 bits per heavy atom. The van der Waals surface area contributed by atoms with Gasteiger partial charge in [0.05, 0.1) is 6.33 Å². The molecule has 0 spiro atoms. The summed E-state index contributed by atoms with van der Waals surface area (Å²) < 4.78 is 1.85. The molecule has 0 unspecified atom stereocenters. The molecular formula is C10H16N2O2.